The van der Waals surface area contributed by atoms with Crippen LogP contribution in [-0.4, -0.2) is 29.6 Å². The van der Waals surface area contributed by atoms with E-state index in [0.29, 0.717) is 12.2 Å². The minimum Gasteiger partial charge on any atom is -0.381 e. The van der Waals surface area contributed by atoms with Gasteiger partial charge in [-0.25, -0.2) is 0 Å². The minimum absolute atomic E-state index is 0.0251. The van der Waals surface area contributed by atoms with Crippen molar-refractivity contribution < 1.29 is 14.3 Å². The molecule has 3 aromatic rings. The molecule has 2 atom stereocenters. The number of rotatable bonds is 9. The van der Waals surface area contributed by atoms with E-state index in [1.54, 1.807) is 7.11 Å². The van der Waals surface area contributed by atoms with Crippen LogP contribution < -0.4 is 10.6 Å². The molecular formula is C28H35N3O3. The molecule has 1 aliphatic carbocycles. The van der Waals surface area contributed by atoms with E-state index >= 15 is 0 Å². The second kappa shape index (κ2) is 11.3. The summed E-state index contributed by atoms with van der Waals surface area (Å²) in [7, 11) is 1.72. The van der Waals surface area contributed by atoms with Gasteiger partial charge in [-0.05, 0) is 55.5 Å². The molecule has 6 nitrogen and oxygen atoms in total. The van der Waals surface area contributed by atoms with Gasteiger partial charge in [0.2, 0.25) is 5.91 Å². The van der Waals surface area contributed by atoms with Gasteiger partial charge >= 0.3 is 0 Å². The van der Waals surface area contributed by atoms with Crippen molar-refractivity contribution in [3.8, 4) is 0 Å². The Labute approximate surface area is 201 Å². The third-order valence-electron chi connectivity index (χ3n) is 6.76. The number of benzene rings is 2. The summed E-state index contributed by atoms with van der Waals surface area (Å²) in [6.07, 6.45) is 5.89. The number of nitrogens with zero attached hydrogens (tertiary/aromatic N) is 1. The lowest BCUT2D eigenvalue weighted by Gasteiger charge is -2.27. The van der Waals surface area contributed by atoms with Crippen LogP contribution in [0.25, 0.3) is 10.9 Å². The number of hydrogen-bond acceptors (Lipinski definition) is 3. The fraction of sp³-hybridized carbons (Fsp3) is 0.429. The third-order valence-corrected chi connectivity index (χ3v) is 6.76. The Balaban J connectivity index is 1.52. The topological polar surface area (TPSA) is 72.4 Å². The van der Waals surface area contributed by atoms with Gasteiger partial charge in [-0.1, -0.05) is 50.1 Å². The lowest BCUT2D eigenvalue weighted by molar-refractivity contribution is -0.122. The second-order valence-electron chi connectivity index (χ2n) is 9.19. The Kier molecular flexibility index (Phi) is 8.01. The van der Waals surface area contributed by atoms with Crippen LogP contribution in [-0.2, 0) is 22.6 Å². The van der Waals surface area contributed by atoms with Gasteiger partial charge in [0.1, 0.15) is 5.69 Å². The molecule has 0 bridgehead atoms. The lowest BCUT2D eigenvalue weighted by atomic mass is 9.86. The molecule has 1 fully saturated rings. The highest BCUT2D eigenvalue weighted by Crippen LogP contribution is 2.29. The highest BCUT2D eigenvalue weighted by Gasteiger charge is 2.27. The van der Waals surface area contributed by atoms with Crippen LogP contribution in [0.2, 0.25) is 0 Å². The number of carbonyl (C=O) groups is 2. The summed E-state index contributed by atoms with van der Waals surface area (Å²) in [5.74, 6) is -0.0650. The van der Waals surface area contributed by atoms with Gasteiger partial charge in [0.25, 0.3) is 5.91 Å². The van der Waals surface area contributed by atoms with Crippen LogP contribution in [0.3, 0.4) is 0 Å². The van der Waals surface area contributed by atoms with Gasteiger partial charge < -0.3 is 19.9 Å². The van der Waals surface area contributed by atoms with Gasteiger partial charge in [0.15, 0.2) is 0 Å². The number of ether oxygens (including phenoxy) is 1. The number of hydrogen-bond donors (Lipinski definition) is 2. The number of aromatic nitrogens is 1. The van der Waals surface area contributed by atoms with Gasteiger partial charge in [-0.2, -0.15) is 0 Å². The number of nitrogens with one attached hydrogen (secondary N) is 2. The number of unbranched alkanes of at least 4 members (excludes halogenated alkanes) is 1. The van der Waals surface area contributed by atoms with E-state index in [0.717, 1.165) is 67.2 Å². The van der Waals surface area contributed by atoms with Crippen molar-refractivity contribution in [2.45, 2.75) is 64.6 Å². The van der Waals surface area contributed by atoms with Crippen molar-refractivity contribution in [1.82, 2.24) is 9.88 Å². The molecule has 4 rings (SSSR count). The monoisotopic (exact) mass is 461 g/mol. The molecule has 1 heterocycles. The Bertz CT molecular complexity index is 1120. The molecule has 180 valence electrons. The molecule has 34 heavy (non-hydrogen) atoms. The van der Waals surface area contributed by atoms with Crippen molar-refractivity contribution >= 4 is 28.4 Å². The van der Waals surface area contributed by atoms with E-state index < -0.39 is 0 Å². The fourth-order valence-corrected chi connectivity index (χ4v) is 4.80. The van der Waals surface area contributed by atoms with Crippen molar-refractivity contribution in [3.05, 3.63) is 65.9 Å². The number of carbonyl (C=O) groups excluding carboxylic acids is 2. The van der Waals surface area contributed by atoms with Crippen molar-refractivity contribution in [2.75, 3.05) is 12.4 Å². The normalized spacial score (nSPS) is 18.1. The SMILES string of the molecule is CCCCn1c(C(=O)NCc2ccccc2)cc2cc(NC(=O)[C@@H]3CCC[C@@H](OC)C3)ccc21. The van der Waals surface area contributed by atoms with Gasteiger partial charge in [0, 0.05) is 42.7 Å². The summed E-state index contributed by atoms with van der Waals surface area (Å²) in [5, 5.41) is 7.10. The maximum Gasteiger partial charge on any atom is 0.268 e. The van der Waals surface area contributed by atoms with Crippen LogP contribution in [0.1, 0.15) is 61.5 Å². The van der Waals surface area contributed by atoms with Crippen LogP contribution in [0.4, 0.5) is 5.69 Å². The molecule has 2 N–H and O–H groups in total. The van der Waals surface area contributed by atoms with Crippen molar-refractivity contribution in [3.63, 3.8) is 0 Å². The Morgan fingerprint density at radius 1 is 1.09 bits per heavy atom. The lowest BCUT2D eigenvalue weighted by Crippen LogP contribution is -2.30. The first-order valence-corrected chi connectivity index (χ1v) is 12.4. The van der Waals surface area contributed by atoms with Gasteiger partial charge in [0.05, 0.1) is 6.10 Å². The van der Waals surface area contributed by atoms with Crippen LogP contribution in [0.5, 0.6) is 0 Å². The molecule has 6 heteroatoms. The van der Waals surface area contributed by atoms with Crippen molar-refractivity contribution in [1.29, 1.82) is 0 Å². The molecule has 0 saturated heterocycles. The first-order valence-electron chi connectivity index (χ1n) is 12.4. The summed E-state index contributed by atoms with van der Waals surface area (Å²) >= 11 is 0. The Morgan fingerprint density at radius 3 is 2.68 bits per heavy atom. The number of fused-ring (bicyclic) bond motifs is 1. The third kappa shape index (κ3) is 5.68. The molecule has 0 radical (unpaired) electrons. The molecule has 1 aliphatic rings. The maximum atomic E-state index is 13.1. The van der Waals surface area contributed by atoms with Crippen molar-refractivity contribution in [2.24, 2.45) is 5.92 Å². The molecule has 1 saturated carbocycles. The number of aryl methyl sites for hydroxylation is 1. The van der Waals surface area contributed by atoms with E-state index in [9.17, 15) is 9.59 Å². The highest BCUT2D eigenvalue weighted by molar-refractivity contribution is 6.00. The van der Waals surface area contributed by atoms with E-state index in [2.05, 4.69) is 22.1 Å². The smallest absolute Gasteiger partial charge is 0.268 e. The predicted octanol–water partition coefficient (Wildman–Crippen LogP) is 5.52. The molecular weight excluding hydrogens is 426 g/mol. The largest absolute Gasteiger partial charge is 0.381 e. The highest BCUT2D eigenvalue weighted by atomic mass is 16.5. The number of methoxy groups -OCH3 is 1. The maximum absolute atomic E-state index is 13.1. The summed E-state index contributed by atoms with van der Waals surface area (Å²) in [4.78, 5) is 26.0. The summed E-state index contributed by atoms with van der Waals surface area (Å²) < 4.78 is 7.57. The molecule has 0 unspecified atom stereocenters. The second-order valence-corrected chi connectivity index (χ2v) is 9.19. The number of anilines is 1. The average molecular weight is 462 g/mol. The summed E-state index contributed by atoms with van der Waals surface area (Å²) in [5.41, 5.74) is 3.49. The van der Waals surface area contributed by atoms with E-state index in [4.69, 9.17) is 4.74 Å². The number of amides is 2. The quantitative estimate of drug-likeness (QED) is 0.441. The molecule has 0 spiro atoms. The van der Waals surface area contributed by atoms with Crippen LogP contribution in [0, 0.1) is 5.92 Å². The van der Waals surface area contributed by atoms with E-state index in [1.165, 1.54) is 0 Å². The Morgan fingerprint density at radius 2 is 1.91 bits per heavy atom. The summed E-state index contributed by atoms with van der Waals surface area (Å²) in [6, 6.07) is 17.8. The molecule has 0 aliphatic heterocycles. The van der Waals surface area contributed by atoms with E-state index in [1.807, 2.05) is 54.6 Å². The molecule has 1 aromatic heterocycles. The standard InChI is InChI=1S/C28H35N3O3/c1-3-4-15-31-25-14-13-23(30-27(32)21-11-8-12-24(17-21)34-2)16-22(25)18-26(31)28(33)29-19-20-9-6-5-7-10-20/h5-7,9-10,13-14,16,18,21,24H,3-4,8,11-12,15,17,19H2,1-2H3,(H,29,33)(H,30,32)/t21-,24-/m1/s1. The average Bonchev–Trinajstić information content (AvgIpc) is 3.24. The zero-order valence-electron chi connectivity index (χ0n) is 20.2. The minimum atomic E-state index is -0.0884. The molecule has 2 aromatic carbocycles. The fourth-order valence-electron chi connectivity index (χ4n) is 4.80. The zero-order valence-corrected chi connectivity index (χ0v) is 20.2. The van der Waals surface area contributed by atoms with Crippen LogP contribution in [0.15, 0.2) is 54.6 Å². The summed E-state index contributed by atoms with van der Waals surface area (Å²) in [6.45, 7) is 3.41. The van der Waals surface area contributed by atoms with Crippen LogP contribution >= 0.6 is 0 Å². The van der Waals surface area contributed by atoms with E-state index in [-0.39, 0.29) is 23.8 Å². The Hall–Kier alpha value is -3.12. The predicted molar refractivity (Wildman–Crippen MR) is 136 cm³/mol. The molecule has 2 amide bonds. The zero-order chi connectivity index (χ0) is 23.9. The first-order chi connectivity index (χ1) is 16.6. The first kappa shape index (κ1) is 24.0. The van der Waals surface area contributed by atoms with Gasteiger partial charge in [-0.15, -0.1) is 0 Å². The van der Waals surface area contributed by atoms with Gasteiger partial charge in [-0.3, -0.25) is 9.59 Å².